The van der Waals surface area contributed by atoms with Gasteiger partial charge in [0.25, 0.3) is 0 Å². The maximum Gasteiger partial charge on any atom is 0.0730 e. The molecule has 33 heavy (non-hydrogen) atoms. The van der Waals surface area contributed by atoms with Crippen LogP contribution >= 0.6 is 0 Å². The molecule has 2 aromatic carbocycles. The normalized spacial score (nSPS) is 11.4. The predicted molar refractivity (Wildman–Crippen MR) is 129 cm³/mol. The largest absolute Gasteiger partial charge is 0.394 e. The van der Waals surface area contributed by atoms with Gasteiger partial charge in [-0.1, -0.05) is 36.4 Å². The van der Waals surface area contributed by atoms with Gasteiger partial charge in [-0.15, -0.1) is 0 Å². The molecule has 0 fully saturated rings. The molecule has 0 spiro atoms. The molecule has 8 heteroatoms. The summed E-state index contributed by atoms with van der Waals surface area (Å²) in [4.78, 5) is 4.75. The summed E-state index contributed by atoms with van der Waals surface area (Å²) in [6.45, 7) is 5.79. The van der Waals surface area contributed by atoms with Crippen LogP contribution in [0.15, 0.2) is 48.5 Å². The van der Waals surface area contributed by atoms with Crippen molar-refractivity contribution in [1.29, 1.82) is 0 Å². The minimum atomic E-state index is 0.0332. The first-order valence-corrected chi connectivity index (χ1v) is 11.4. The lowest BCUT2D eigenvalue weighted by Crippen LogP contribution is -2.15. The monoisotopic (exact) mass is 458 g/mol. The van der Waals surface area contributed by atoms with Crippen LogP contribution in [0.25, 0.3) is 21.8 Å². The molecular formula is C25H34N2O6. The highest BCUT2D eigenvalue weighted by molar-refractivity contribution is 6.07. The zero-order valence-corrected chi connectivity index (χ0v) is 19.0. The van der Waals surface area contributed by atoms with Crippen LogP contribution in [0.2, 0.25) is 0 Å². The molecule has 0 radical (unpaired) electrons. The smallest absolute Gasteiger partial charge is 0.0730 e. The van der Waals surface area contributed by atoms with Crippen molar-refractivity contribution in [2.75, 3.05) is 84.5 Å². The lowest BCUT2D eigenvalue weighted by atomic mass is 10.1. The second-order valence-electron chi connectivity index (χ2n) is 7.23. The molecule has 0 saturated carbocycles. The van der Waals surface area contributed by atoms with Gasteiger partial charge in [-0.25, -0.2) is 4.98 Å². The van der Waals surface area contributed by atoms with Crippen LogP contribution in [0.3, 0.4) is 0 Å². The third kappa shape index (κ3) is 8.85. The number of para-hydroxylation sites is 2. The number of nitrogens with one attached hydrogen (secondary N) is 1. The number of aliphatic hydroxyl groups excluding tert-OH is 1. The van der Waals surface area contributed by atoms with E-state index in [4.69, 9.17) is 33.8 Å². The number of rotatable bonds is 18. The lowest BCUT2D eigenvalue weighted by Gasteiger charge is -2.13. The van der Waals surface area contributed by atoms with E-state index in [1.54, 1.807) is 0 Å². The summed E-state index contributed by atoms with van der Waals surface area (Å²) in [6, 6.07) is 16.3. The fourth-order valence-corrected chi connectivity index (χ4v) is 3.32. The summed E-state index contributed by atoms with van der Waals surface area (Å²) in [5.41, 5.74) is 3.05. The van der Waals surface area contributed by atoms with E-state index in [2.05, 4.69) is 17.4 Å². The number of pyridine rings is 1. The number of fused-ring (bicyclic) bond motifs is 2. The van der Waals surface area contributed by atoms with Crippen LogP contribution in [-0.4, -0.2) is 89.3 Å². The summed E-state index contributed by atoms with van der Waals surface area (Å²) in [5.74, 6) is 0. The Hall–Kier alpha value is -2.33. The SMILES string of the molecule is OCCOCCOCCOCCOCCOCCNc1c2ccccc2nc2ccccc12. The molecule has 2 N–H and O–H groups in total. The first-order valence-electron chi connectivity index (χ1n) is 11.4. The molecule has 1 heterocycles. The average Bonchev–Trinajstić information content (AvgIpc) is 2.85. The Morgan fingerprint density at radius 2 is 1.00 bits per heavy atom. The van der Waals surface area contributed by atoms with Gasteiger partial charge in [0.1, 0.15) is 0 Å². The molecule has 0 amide bonds. The summed E-state index contributed by atoms with van der Waals surface area (Å²) < 4.78 is 27.1. The fraction of sp³-hybridized carbons (Fsp3) is 0.480. The van der Waals surface area contributed by atoms with E-state index in [0.29, 0.717) is 72.6 Å². The number of hydrogen-bond donors (Lipinski definition) is 2. The molecule has 180 valence electrons. The van der Waals surface area contributed by atoms with Crippen LogP contribution in [0.5, 0.6) is 0 Å². The van der Waals surface area contributed by atoms with Crippen molar-refractivity contribution in [2.45, 2.75) is 0 Å². The molecule has 1 aromatic heterocycles. The molecule has 0 aliphatic heterocycles. The first kappa shape index (κ1) is 25.3. The number of ether oxygens (including phenoxy) is 5. The van der Waals surface area contributed by atoms with Gasteiger partial charge in [0.05, 0.1) is 89.4 Å². The van der Waals surface area contributed by atoms with Crippen molar-refractivity contribution in [1.82, 2.24) is 4.98 Å². The molecular weight excluding hydrogens is 424 g/mol. The van der Waals surface area contributed by atoms with E-state index in [1.165, 1.54) is 0 Å². The van der Waals surface area contributed by atoms with Gasteiger partial charge in [-0.2, -0.15) is 0 Å². The fourth-order valence-electron chi connectivity index (χ4n) is 3.32. The number of aromatic nitrogens is 1. The van der Waals surface area contributed by atoms with Crippen molar-refractivity contribution in [2.24, 2.45) is 0 Å². The molecule has 0 aliphatic rings. The van der Waals surface area contributed by atoms with Crippen LogP contribution in [0.4, 0.5) is 5.69 Å². The minimum Gasteiger partial charge on any atom is -0.394 e. The van der Waals surface area contributed by atoms with E-state index < -0.39 is 0 Å². The zero-order chi connectivity index (χ0) is 23.0. The van der Waals surface area contributed by atoms with E-state index in [1.807, 2.05) is 36.4 Å². The maximum atomic E-state index is 8.58. The van der Waals surface area contributed by atoms with E-state index in [0.717, 1.165) is 27.5 Å². The lowest BCUT2D eigenvalue weighted by molar-refractivity contribution is -0.0127. The van der Waals surface area contributed by atoms with Gasteiger partial charge < -0.3 is 34.1 Å². The second kappa shape index (κ2) is 15.5. The van der Waals surface area contributed by atoms with Gasteiger partial charge in [-0.05, 0) is 12.1 Å². The van der Waals surface area contributed by atoms with Gasteiger partial charge in [0.15, 0.2) is 0 Å². The standard InChI is InChI=1S/C25H34N2O6/c28-10-12-30-14-16-32-18-20-33-19-17-31-15-13-29-11-9-26-25-21-5-1-3-7-23(21)27-24-8-4-2-6-22(24)25/h1-8,28H,9-20H2,(H,26,27). The molecule has 0 saturated heterocycles. The molecule has 8 nitrogen and oxygen atoms in total. The maximum absolute atomic E-state index is 8.58. The molecule has 0 unspecified atom stereocenters. The number of nitrogens with zero attached hydrogens (tertiary/aromatic N) is 1. The molecule has 3 aromatic rings. The Morgan fingerprint density at radius 3 is 1.48 bits per heavy atom. The van der Waals surface area contributed by atoms with Gasteiger partial charge in [0, 0.05) is 17.3 Å². The predicted octanol–water partition coefficient (Wildman–Crippen LogP) is 2.88. The van der Waals surface area contributed by atoms with Crippen LogP contribution in [-0.2, 0) is 23.7 Å². The third-order valence-electron chi connectivity index (χ3n) is 4.86. The number of hydrogen-bond acceptors (Lipinski definition) is 8. The van der Waals surface area contributed by atoms with Crippen molar-refractivity contribution >= 4 is 27.5 Å². The Labute approximate surface area is 194 Å². The third-order valence-corrected chi connectivity index (χ3v) is 4.86. The highest BCUT2D eigenvalue weighted by Crippen LogP contribution is 2.30. The van der Waals surface area contributed by atoms with E-state index in [-0.39, 0.29) is 6.61 Å². The molecule has 0 aliphatic carbocycles. The van der Waals surface area contributed by atoms with Crippen LogP contribution < -0.4 is 5.32 Å². The topological polar surface area (TPSA) is 91.3 Å². The van der Waals surface area contributed by atoms with E-state index in [9.17, 15) is 0 Å². The van der Waals surface area contributed by atoms with E-state index >= 15 is 0 Å². The quantitative estimate of drug-likeness (QED) is 0.222. The van der Waals surface area contributed by atoms with Crippen LogP contribution in [0.1, 0.15) is 0 Å². The van der Waals surface area contributed by atoms with Gasteiger partial charge >= 0.3 is 0 Å². The van der Waals surface area contributed by atoms with Gasteiger partial charge in [-0.3, -0.25) is 0 Å². The minimum absolute atomic E-state index is 0.0332. The van der Waals surface area contributed by atoms with Crippen molar-refractivity contribution in [3.8, 4) is 0 Å². The van der Waals surface area contributed by atoms with Crippen molar-refractivity contribution in [3.63, 3.8) is 0 Å². The van der Waals surface area contributed by atoms with Crippen LogP contribution in [0, 0.1) is 0 Å². The highest BCUT2D eigenvalue weighted by atomic mass is 16.6. The Morgan fingerprint density at radius 1 is 0.576 bits per heavy atom. The van der Waals surface area contributed by atoms with Gasteiger partial charge in [0.2, 0.25) is 0 Å². The number of anilines is 1. The second-order valence-corrected chi connectivity index (χ2v) is 7.23. The summed E-state index contributed by atoms with van der Waals surface area (Å²) in [6.07, 6.45) is 0. The Bertz CT molecular complexity index is 885. The van der Waals surface area contributed by atoms with Crippen molar-refractivity contribution in [3.05, 3.63) is 48.5 Å². The number of aliphatic hydroxyl groups is 1. The molecule has 0 bridgehead atoms. The summed E-state index contributed by atoms with van der Waals surface area (Å²) in [7, 11) is 0. The first-order chi connectivity index (χ1) is 16.4. The Kier molecular flexibility index (Phi) is 11.9. The zero-order valence-electron chi connectivity index (χ0n) is 19.0. The number of benzene rings is 2. The Balaban J connectivity index is 1.22. The average molecular weight is 459 g/mol. The molecule has 3 rings (SSSR count). The summed E-state index contributed by atoms with van der Waals surface area (Å²) in [5, 5.41) is 14.3. The van der Waals surface area contributed by atoms with Crippen molar-refractivity contribution < 1.29 is 28.8 Å². The highest BCUT2D eigenvalue weighted by Gasteiger charge is 2.07. The molecule has 0 atom stereocenters. The summed E-state index contributed by atoms with van der Waals surface area (Å²) >= 11 is 0.